The van der Waals surface area contributed by atoms with E-state index in [0.29, 0.717) is 28.5 Å². The Bertz CT molecular complexity index is 2010. The molecule has 0 saturated carbocycles. The molecular formula is C38H30F3N3O5. The van der Waals surface area contributed by atoms with E-state index in [4.69, 9.17) is 14.3 Å². The number of benzene rings is 4. The molecule has 0 saturated heterocycles. The van der Waals surface area contributed by atoms with E-state index in [-0.39, 0.29) is 25.5 Å². The zero-order valence-electron chi connectivity index (χ0n) is 25.9. The summed E-state index contributed by atoms with van der Waals surface area (Å²) in [6, 6.07) is 32.0. The van der Waals surface area contributed by atoms with Crippen LogP contribution in [-0.4, -0.2) is 35.1 Å². The molecule has 0 aliphatic rings. The third-order valence-corrected chi connectivity index (χ3v) is 7.82. The summed E-state index contributed by atoms with van der Waals surface area (Å²) in [5.41, 5.74) is 4.16. The molecule has 6 rings (SSSR count). The van der Waals surface area contributed by atoms with Crippen molar-refractivity contribution in [3.8, 4) is 28.3 Å². The third kappa shape index (κ3) is 8.25. The Morgan fingerprint density at radius 3 is 2.14 bits per heavy atom. The van der Waals surface area contributed by atoms with Crippen molar-refractivity contribution in [1.29, 1.82) is 0 Å². The number of rotatable bonds is 12. The van der Waals surface area contributed by atoms with Crippen LogP contribution in [0.5, 0.6) is 5.88 Å². The second-order valence-corrected chi connectivity index (χ2v) is 11.2. The number of hydrogen-bond donors (Lipinski definition) is 3. The van der Waals surface area contributed by atoms with Gasteiger partial charge in [0.1, 0.15) is 18.0 Å². The number of nitrogens with one attached hydrogen (secondary N) is 2. The van der Waals surface area contributed by atoms with Crippen molar-refractivity contribution < 1.29 is 37.0 Å². The van der Waals surface area contributed by atoms with Gasteiger partial charge in [-0.3, -0.25) is 9.59 Å². The van der Waals surface area contributed by atoms with Gasteiger partial charge < -0.3 is 24.9 Å². The number of pyridine rings is 1. The van der Waals surface area contributed by atoms with Gasteiger partial charge in [-0.1, -0.05) is 54.6 Å². The van der Waals surface area contributed by atoms with Gasteiger partial charge >= 0.3 is 12.1 Å². The first-order valence-corrected chi connectivity index (χ1v) is 15.3. The molecule has 0 spiro atoms. The largest absolute Gasteiger partial charge is 0.481 e. The summed E-state index contributed by atoms with van der Waals surface area (Å²) in [4.78, 5) is 27.6. The normalized spacial score (nSPS) is 12.0. The van der Waals surface area contributed by atoms with Crippen molar-refractivity contribution in [3.63, 3.8) is 0 Å². The number of para-hydroxylation sites is 1. The number of carbonyl (C=O) groups is 2. The molecule has 6 aromatic rings. The van der Waals surface area contributed by atoms with Crippen LogP contribution in [-0.2, 0) is 11.0 Å². The number of ether oxygens (including phenoxy) is 1. The monoisotopic (exact) mass is 665 g/mol. The van der Waals surface area contributed by atoms with Gasteiger partial charge in [0.05, 0.1) is 18.0 Å². The van der Waals surface area contributed by atoms with Crippen LogP contribution in [0.25, 0.3) is 33.4 Å². The maximum atomic E-state index is 13.0. The quantitative estimate of drug-likeness (QED) is 0.120. The molecule has 2 aromatic heterocycles. The van der Waals surface area contributed by atoms with Crippen LogP contribution < -0.4 is 15.4 Å². The van der Waals surface area contributed by atoms with Gasteiger partial charge in [0.2, 0.25) is 5.88 Å². The van der Waals surface area contributed by atoms with Crippen LogP contribution in [0.1, 0.15) is 33.9 Å². The number of carboxylic acids is 1. The maximum absolute atomic E-state index is 13.0. The number of halogens is 3. The fourth-order valence-electron chi connectivity index (χ4n) is 5.19. The van der Waals surface area contributed by atoms with E-state index in [1.807, 2.05) is 60.7 Å². The van der Waals surface area contributed by atoms with Gasteiger partial charge in [-0.25, -0.2) is 4.98 Å². The summed E-state index contributed by atoms with van der Waals surface area (Å²) in [6.45, 7) is 0.178. The first-order valence-electron chi connectivity index (χ1n) is 15.3. The highest BCUT2D eigenvalue weighted by molar-refractivity contribution is 5.94. The van der Waals surface area contributed by atoms with Gasteiger partial charge in [0, 0.05) is 41.0 Å². The van der Waals surface area contributed by atoms with Crippen LogP contribution in [0.15, 0.2) is 126 Å². The van der Waals surface area contributed by atoms with E-state index in [0.717, 1.165) is 39.8 Å². The van der Waals surface area contributed by atoms with Gasteiger partial charge in [-0.2, -0.15) is 13.2 Å². The second-order valence-electron chi connectivity index (χ2n) is 11.2. The summed E-state index contributed by atoms with van der Waals surface area (Å²) < 4.78 is 51.2. The molecule has 2 heterocycles. The van der Waals surface area contributed by atoms with E-state index in [1.54, 1.807) is 36.5 Å². The van der Waals surface area contributed by atoms with Crippen LogP contribution in [0.4, 0.5) is 18.9 Å². The Labute approximate surface area is 279 Å². The number of anilines is 1. The molecule has 0 fully saturated rings. The minimum absolute atomic E-state index is 0.0172. The summed E-state index contributed by atoms with van der Waals surface area (Å²) in [6.07, 6.45) is -2.91. The molecule has 248 valence electrons. The van der Waals surface area contributed by atoms with E-state index < -0.39 is 23.8 Å². The zero-order valence-corrected chi connectivity index (χ0v) is 25.9. The van der Waals surface area contributed by atoms with Crippen LogP contribution in [0.3, 0.4) is 0 Å². The molecule has 1 amide bonds. The smallest absolute Gasteiger partial charge is 0.416 e. The van der Waals surface area contributed by atoms with E-state index >= 15 is 0 Å². The SMILES string of the molecule is O=C(O)CCNC(=O)c1ccc(NC(COc2ccc(-c3cc4ccccc4o3)cn2)c2ccc(-c3ccc(C(F)(F)F)cc3)cc2)cc1. The number of aromatic nitrogens is 1. The van der Waals surface area contributed by atoms with E-state index in [9.17, 15) is 22.8 Å². The lowest BCUT2D eigenvalue weighted by atomic mass is 9.99. The Kier molecular flexibility index (Phi) is 9.61. The van der Waals surface area contributed by atoms with Crippen molar-refractivity contribution >= 4 is 28.5 Å². The average molecular weight is 666 g/mol. The van der Waals surface area contributed by atoms with Crippen LogP contribution >= 0.6 is 0 Å². The summed E-state index contributed by atoms with van der Waals surface area (Å²) in [5.74, 6) is -0.310. The summed E-state index contributed by atoms with van der Waals surface area (Å²) in [7, 11) is 0. The number of amides is 1. The van der Waals surface area contributed by atoms with E-state index in [1.165, 1.54) is 12.1 Å². The second kappa shape index (κ2) is 14.3. The van der Waals surface area contributed by atoms with Crippen LogP contribution in [0.2, 0.25) is 0 Å². The molecule has 0 radical (unpaired) electrons. The Hall–Kier alpha value is -6.10. The number of carbonyl (C=O) groups excluding carboxylic acids is 1. The molecule has 4 aromatic carbocycles. The van der Waals surface area contributed by atoms with Gasteiger partial charge in [0.15, 0.2) is 0 Å². The number of hydrogen-bond acceptors (Lipinski definition) is 6. The number of fused-ring (bicyclic) bond motifs is 1. The fraction of sp³-hybridized carbons (Fsp3) is 0.132. The Balaban J connectivity index is 1.18. The Morgan fingerprint density at radius 2 is 1.51 bits per heavy atom. The van der Waals surface area contributed by atoms with Gasteiger partial charge in [-0.15, -0.1) is 0 Å². The van der Waals surface area contributed by atoms with Crippen molar-refractivity contribution in [3.05, 3.63) is 138 Å². The predicted octanol–water partition coefficient (Wildman–Crippen LogP) is 8.62. The molecule has 0 bridgehead atoms. The number of aliphatic carboxylic acids is 1. The lowest BCUT2D eigenvalue weighted by molar-refractivity contribution is -0.138. The number of nitrogens with zero attached hydrogens (tertiary/aromatic N) is 1. The standard InChI is InChI=1S/C38H30F3N3O5/c39-38(40,41)30-14-9-25(10-15-30)24-5-7-26(8-6-24)32(44-31-16-11-27(12-17-31)37(47)42-20-19-36(45)46)23-48-35-18-13-29(22-43-35)34-21-28-3-1-2-4-33(28)49-34/h1-18,21-22,32,44H,19-20,23H2,(H,42,47)(H,45,46). The summed E-state index contributed by atoms with van der Waals surface area (Å²) >= 11 is 0. The summed E-state index contributed by atoms with van der Waals surface area (Å²) in [5, 5.41) is 15.8. The molecule has 0 aliphatic carbocycles. The lowest BCUT2D eigenvalue weighted by Crippen LogP contribution is -2.26. The molecule has 0 aliphatic heterocycles. The predicted molar refractivity (Wildman–Crippen MR) is 179 cm³/mol. The molecule has 1 atom stereocenters. The molecule has 8 nitrogen and oxygen atoms in total. The number of carboxylic acid groups (broad SMARTS) is 1. The van der Waals surface area contributed by atoms with E-state index in [2.05, 4.69) is 15.6 Å². The molecule has 1 unspecified atom stereocenters. The first kappa shape index (κ1) is 32.8. The maximum Gasteiger partial charge on any atom is 0.416 e. The minimum Gasteiger partial charge on any atom is -0.481 e. The number of furan rings is 1. The highest BCUT2D eigenvalue weighted by atomic mass is 19.4. The van der Waals surface area contributed by atoms with Crippen molar-refractivity contribution in [2.75, 3.05) is 18.5 Å². The average Bonchev–Trinajstić information content (AvgIpc) is 3.55. The number of alkyl halides is 3. The fourth-order valence-corrected chi connectivity index (χ4v) is 5.19. The highest BCUT2D eigenvalue weighted by Crippen LogP contribution is 2.32. The van der Waals surface area contributed by atoms with Crippen LogP contribution in [0, 0.1) is 0 Å². The Morgan fingerprint density at radius 1 is 0.837 bits per heavy atom. The molecule has 11 heteroatoms. The van der Waals surface area contributed by atoms with Crippen molar-refractivity contribution in [2.24, 2.45) is 0 Å². The highest BCUT2D eigenvalue weighted by Gasteiger charge is 2.30. The topological polar surface area (TPSA) is 114 Å². The van der Waals surface area contributed by atoms with Crippen molar-refractivity contribution in [2.45, 2.75) is 18.6 Å². The van der Waals surface area contributed by atoms with Crippen molar-refractivity contribution in [1.82, 2.24) is 10.3 Å². The first-order chi connectivity index (χ1) is 23.6. The molecule has 49 heavy (non-hydrogen) atoms. The third-order valence-electron chi connectivity index (χ3n) is 7.82. The lowest BCUT2D eigenvalue weighted by Gasteiger charge is -2.21. The van der Waals surface area contributed by atoms with Gasteiger partial charge in [0.25, 0.3) is 5.91 Å². The van der Waals surface area contributed by atoms with Gasteiger partial charge in [-0.05, 0) is 71.3 Å². The molecule has 3 N–H and O–H groups in total. The molecular weight excluding hydrogens is 635 g/mol. The zero-order chi connectivity index (χ0) is 34.4. The minimum atomic E-state index is -4.41.